The zero-order valence-electron chi connectivity index (χ0n) is 15.0. The monoisotopic (exact) mass is 357 g/mol. The van der Waals surface area contributed by atoms with Crippen molar-refractivity contribution in [1.82, 2.24) is 9.78 Å². The summed E-state index contributed by atoms with van der Waals surface area (Å²) in [7, 11) is 0. The Kier molecular flexibility index (Phi) is 5.30. The van der Waals surface area contributed by atoms with Crippen molar-refractivity contribution in [3.05, 3.63) is 65.4 Å². The van der Waals surface area contributed by atoms with E-state index in [2.05, 4.69) is 24.1 Å². The smallest absolute Gasteiger partial charge is 0.135 e. The number of nitrogens with zero attached hydrogens (tertiary/aromatic N) is 3. The third-order valence-corrected chi connectivity index (χ3v) is 3.92. The molecule has 0 aliphatic rings. The minimum atomic E-state index is -0.681. The van der Waals surface area contributed by atoms with E-state index in [-0.39, 0.29) is 5.56 Å². The van der Waals surface area contributed by atoms with E-state index in [4.69, 9.17) is 4.84 Å². The second kappa shape index (κ2) is 7.64. The standard InChI is InChI=1S/C20H21F2N3O/c1-4-26-24-20(17-7-6-16(21)10-18(17)22)14-5-8-19-15(9-14)11-23-25(19)12-13(2)3/h5-11,13H,4,12H2,1-3H3. The van der Waals surface area contributed by atoms with Crippen molar-refractivity contribution >= 4 is 16.6 Å². The fraction of sp³-hybridized carbons (Fsp3) is 0.300. The maximum absolute atomic E-state index is 14.3. The topological polar surface area (TPSA) is 39.4 Å². The molecule has 1 aromatic heterocycles. The minimum Gasteiger partial charge on any atom is -0.396 e. The molecule has 0 radical (unpaired) electrons. The Labute approximate surface area is 151 Å². The van der Waals surface area contributed by atoms with Crippen LogP contribution in [0.4, 0.5) is 8.78 Å². The van der Waals surface area contributed by atoms with Crippen LogP contribution in [-0.2, 0) is 11.4 Å². The molecule has 2 aromatic carbocycles. The van der Waals surface area contributed by atoms with Crippen molar-refractivity contribution in [1.29, 1.82) is 0 Å². The summed E-state index contributed by atoms with van der Waals surface area (Å²) in [5.74, 6) is -0.840. The third-order valence-electron chi connectivity index (χ3n) is 3.92. The number of rotatable bonds is 6. The summed E-state index contributed by atoms with van der Waals surface area (Å²) in [6.07, 6.45) is 1.78. The van der Waals surface area contributed by atoms with Crippen LogP contribution in [0.5, 0.6) is 0 Å². The Bertz CT molecular complexity index is 947. The maximum atomic E-state index is 14.3. The van der Waals surface area contributed by atoms with E-state index in [0.29, 0.717) is 23.8 Å². The lowest BCUT2D eigenvalue weighted by atomic mass is 10.0. The fourth-order valence-corrected chi connectivity index (χ4v) is 2.79. The van der Waals surface area contributed by atoms with Crippen LogP contribution in [0.1, 0.15) is 31.9 Å². The Morgan fingerprint density at radius 1 is 1.19 bits per heavy atom. The van der Waals surface area contributed by atoms with E-state index < -0.39 is 11.6 Å². The van der Waals surface area contributed by atoms with E-state index in [9.17, 15) is 8.78 Å². The zero-order chi connectivity index (χ0) is 18.7. The molecule has 0 spiro atoms. The SMILES string of the molecule is CCON=C(c1ccc2c(cnn2CC(C)C)c1)c1ccc(F)cc1F. The van der Waals surface area contributed by atoms with Gasteiger partial charge in [-0.2, -0.15) is 5.10 Å². The summed E-state index contributed by atoms with van der Waals surface area (Å²) in [5, 5.41) is 9.41. The molecule has 0 N–H and O–H groups in total. The fourth-order valence-electron chi connectivity index (χ4n) is 2.79. The molecular formula is C20H21F2N3O. The molecule has 0 amide bonds. The van der Waals surface area contributed by atoms with Crippen molar-refractivity contribution in [3.63, 3.8) is 0 Å². The average Bonchev–Trinajstić information content (AvgIpc) is 2.98. The molecule has 4 nitrogen and oxygen atoms in total. The molecule has 3 rings (SSSR count). The Balaban J connectivity index is 2.07. The number of hydrogen-bond donors (Lipinski definition) is 0. The van der Waals surface area contributed by atoms with E-state index in [1.54, 1.807) is 13.1 Å². The number of aromatic nitrogens is 2. The van der Waals surface area contributed by atoms with Gasteiger partial charge in [0.15, 0.2) is 0 Å². The van der Waals surface area contributed by atoms with Crippen molar-refractivity contribution in [3.8, 4) is 0 Å². The molecule has 0 saturated heterocycles. The van der Waals surface area contributed by atoms with E-state index >= 15 is 0 Å². The summed E-state index contributed by atoms with van der Waals surface area (Å²) < 4.78 is 29.5. The van der Waals surface area contributed by atoms with E-state index in [1.165, 1.54) is 12.1 Å². The van der Waals surface area contributed by atoms with Gasteiger partial charge in [0.2, 0.25) is 0 Å². The van der Waals surface area contributed by atoms with Crippen molar-refractivity contribution < 1.29 is 13.6 Å². The molecule has 0 fully saturated rings. The van der Waals surface area contributed by atoms with Crippen molar-refractivity contribution in [2.75, 3.05) is 6.61 Å². The van der Waals surface area contributed by atoms with Crippen molar-refractivity contribution in [2.45, 2.75) is 27.3 Å². The van der Waals surface area contributed by atoms with Gasteiger partial charge in [-0.15, -0.1) is 0 Å². The quantitative estimate of drug-likeness (QED) is 0.471. The van der Waals surface area contributed by atoms with Crippen LogP contribution in [0, 0.1) is 17.6 Å². The number of benzene rings is 2. The summed E-state index contributed by atoms with van der Waals surface area (Å²) in [6, 6.07) is 9.09. The zero-order valence-corrected chi connectivity index (χ0v) is 15.0. The van der Waals surface area contributed by atoms with Gasteiger partial charge in [-0.1, -0.05) is 25.1 Å². The summed E-state index contributed by atoms with van der Waals surface area (Å²) in [4.78, 5) is 5.17. The lowest BCUT2D eigenvalue weighted by molar-refractivity contribution is 0.159. The predicted molar refractivity (Wildman–Crippen MR) is 98.2 cm³/mol. The Hall–Kier alpha value is -2.76. The number of fused-ring (bicyclic) bond motifs is 1. The Morgan fingerprint density at radius 3 is 2.69 bits per heavy atom. The van der Waals surface area contributed by atoms with Crippen LogP contribution in [0.25, 0.3) is 10.9 Å². The summed E-state index contributed by atoms with van der Waals surface area (Å²) in [6.45, 7) is 7.22. The summed E-state index contributed by atoms with van der Waals surface area (Å²) in [5.41, 5.74) is 2.19. The van der Waals surface area contributed by atoms with Gasteiger partial charge in [-0.25, -0.2) is 8.78 Å². The van der Waals surface area contributed by atoms with Gasteiger partial charge < -0.3 is 4.84 Å². The second-order valence-electron chi connectivity index (χ2n) is 6.48. The Morgan fingerprint density at radius 2 is 2.00 bits per heavy atom. The first-order chi connectivity index (χ1) is 12.5. The number of hydrogen-bond acceptors (Lipinski definition) is 3. The molecule has 136 valence electrons. The highest BCUT2D eigenvalue weighted by atomic mass is 19.1. The van der Waals surface area contributed by atoms with E-state index in [0.717, 1.165) is 23.5 Å². The minimum absolute atomic E-state index is 0.189. The van der Waals surface area contributed by atoms with Crippen LogP contribution in [-0.4, -0.2) is 22.1 Å². The molecule has 0 atom stereocenters. The van der Waals surface area contributed by atoms with Gasteiger partial charge >= 0.3 is 0 Å². The van der Waals surface area contributed by atoms with Crippen LogP contribution < -0.4 is 0 Å². The van der Waals surface area contributed by atoms with Crippen LogP contribution in [0.3, 0.4) is 0 Å². The second-order valence-corrected chi connectivity index (χ2v) is 6.48. The highest BCUT2D eigenvalue weighted by Crippen LogP contribution is 2.21. The lowest BCUT2D eigenvalue weighted by Crippen LogP contribution is -2.08. The number of oxime groups is 1. The molecular weight excluding hydrogens is 336 g/mol. The predicted octanol–water partition coefficient (Wildman–Crippen LogP) is 4.76. The molecule has 0 unspecified atom stereocenters. The molecule has 3 aromatic rings. The van der Waals surface area contributed by atoms with Crippen LogP contribution >= 0.6 is 0 Å². The molecule has 0 aliphatic carbocycles. The van der Waals surface area contributed by atoms with Crippen LogP contribution in [0.15, 0.2) is 47.8 Å². The molecule has 0 bridgehead atoms. The van der Waals surface area contributed by atoms with E-state index in [1.807, 2.05) is 22.9 Å². The average molecular weight is 357 g/mol. The number of halogens is 2. The maximum Gasteiger partial charge on any atom is 0.135 e. The first-order valence-corrected chi connectivity index (χ1v) is 8.61. The van der Waals surface area contributed by atoms with Crippen molar-refractivity contribution in [2.24, 2.45) is 11.1 Å². The van der Waals surface area contributed by atoms with Gasteiger partial charge in [0.25, 0.3) is 0 Å². The van der Waals surface area contributed by atoms with Gasteiger partial charge in [0.05, 0.1) is 11.7 Å². The lowest BCUT2D eigenvalue weighted by Gasteiger charge is -2.10. The third kappa shape index (κ3) is 3.74. The first kappa shape index (κ1) is 18.0. The van der Waals surface area contributed by atoms with Gasteiger partial charge in [-0.05, 0) is 37.1 Å². The van der Waals surface area contributed by atoms with Gasteiger partial charge in [0, 0.05) is 29.1 Å². The molecule has 0 saturated carbocycles. The summed E-state index contributed by atoms with van der Waals surface area (Å²) >= 11 is 0. The largest absolute Gasteiger partial charge is 0.396 e. The normalized spacial score (nSPS) is 12.2. The van der Waals surface area contributed by atoms with Gasteiger partial charge in [-0.3, -0.25) is 4.68 Å². The molecule has 1 heterocycles. The molecule has 26 heavy (non-hydrogen) atoms. The van der Waals surface area contributed by atoms with Gasteiger partial charge in [0.1, 0.15) is 24.0 Å². The van der Waals surface area contributed by atoms with Crippen LogP contribution in [0.2, 0.25) is 0 Å². The first-order valence-electron chi connectivity index (χ1n) is 8.61. The highest BCUT2D eigenvalue weighted by molar-refractivity contribution is 6.14. The highest BCUT2D eigenvalue weighted by Gasteiger charge is 2.16. The molecule has 0 aliphatic heterocycles. The molecule has 6 heteroatoms.